The molecule has 0 saturated carbocycles. The molecule has 0 bridgehead atoms. The van der Waals surface area contributed by atoms with Crippen molar-refractivity contribution in [1.82, 2.24) is 25.3 Å². The molecule has 0 aliphatic heterocycles. The van der Waals surface area contributed by atoms with Gasteiger partial charge in [0.25, 0.3) is 0 Å². The van der Waals surface area contributed by atoms with E-state index >= 15 is 0 Å². The minimum absolute atomic E-state index is 0.0539. The third kappa shape index (κ3) is 4.00. The number of benzene rings is 1. The summed E-state index contributed by atoms with van der Waals surface area (Å²) in [5.74, 6) is -0.336. The Morgan fingerprint density at radius 1 is 1.31 bits per heavy atom. The lowest BCUT2D eigenvalue weighted by Crippen LogP contribution is -2.29. The van der Waals surface area contributed by atoms with Gasteiger partial charge in [-0.25, -0.2) is 0 Å². The Morgan fingerprint density at radius 2 is 2.12 bits per heavy atom. The molecule has 3 rings (SSSR count). The number of carbonyl (C=O) groups is 1. The van der Waals surface area contributed by atoms with E-state index in [1.54, 1.807) is 17.1 Å². The van der Waals surface area contributed by atoms with Crippen molar-refractivity contribution < 1.29 is 9.90 Å². The fourth-order valence-electron chi connectivity index (χ4n) is 3.02. The second-order valence-electron chi connectivity index (χ2n) is 6.16. The van der Waals surface area contributed by atoms with Crippen molar-refractivity contribution in [1.29, 1.82) is 0 Å². The first-order valence-electron chi connectivity index (χ1n) is 8.65. The van der Waals surface area contributed by atoms with Crippen LogP contribution in [0.25, 0.3) is 11.4 Å². The van der Waals surface area contributed by atoms with E-state index in [1.165, 1.54) is 0 Å². The average molecular weight is 353 g/mol. The molecule has 0 aliphatic carbocycles. The summed E-state index contributed by atoms with van der Waals surface area (Å²) >= 11 is 0. The molecule has 1 unspecified atom stereocenters. The molecule has 2 aromatic heterocycles. The molecule has 1 aromatic carbocycles. The van der Waals surface area contributed by atoms with E-state index in [-0.39, 0.29) is 18.4 Å². The van der Waals surface area contributed by atoms with E-state index in [4.69, 9.17) is 5.11 Å². The zero-order chi connectivity index (χ0) is 18.4. The van der Waals surface area contributed by atoms with E-state index in [0.29, 0.717) is 19.4 Å². The summed E-state index contributed by atoms with van der Waals surface area (Å²) in [5, 5.41) is 23.4. The number of nitrogens with zero attached hydrogens (tertiary/aromatic N) is 3. The molecular weight excluding hydrogens is 330 g/mol. The normalized spacial score (nSPS) is 12.1. The van der Waals surface area contributed by atoms with E-state index in [1.807, 2.05) is 43.4 Å². The topological polar surface area (TPSA) is 95.8 Å². The molecular formula is C19H23N5O2. The number of amides is 1. The second kappa shape index (κ2) is 8.44. The number of aromatic nitrogens is 4. The van der Waals surface area contributed by atoms with Crippen LogP contribution in [-0.4, -0.2) is 37.6 Å². The first kappa shape index (κ1) is 17.9. The first-order chi connectivity index (χ1) is 12.7. The van der Waals surface area contributed by atoms with Crippen LogP contribution in [0.2, 0.25) is 0 Å². The fourth-order valence-corrected chi connectivity index (χ4v) is 3.02. The molecule has 7 heteroatoms. The lowest BCUT2D eigenvalue weighted by atomic mass is 9.93. The van der Waals surface area contributed by atoms with Crippen LogP contribution in [-0.2, 0) is 18.4 Å². The lowest BCUT2D eigenvalue weighted by molar-refractivity contribution is -0.122. The number of hydrogen-bond donors (Lipinski definition) is 3. The monoisotopic (exact) mass is 353 g/mol. The predicted molar refractivity (Wildman–Crippen MR) is 98.1 cm³/mol. The van der Waals surface area contributed by atoms with Crippen molar-refractivity contribution in [3.05, 3.63) is 59.9 Å². The van der Waals surface area contributed by atoms with Crippen molar-refractivity contribution in [2.24, 2.45) is 7.05 Å². The van der Waals surface area contributed by atoms with Gasteiger partial charge in [-0.2, -0.15) is 10.2 Å². The Bertz CT molecular complexity index is 841. The van der Waals surface area contributed by atoms with Crippen molar-refractivity contribution in [2.75, 3.05) is 6.61 Å². The van der Waals surface area contributed by atoms with Crippen LogP contribution in [0, 0.1) is 0 Å². The molecule has 1 atom stereocenters. The largest absolute Gasteiger partial charge is 0.396 e. The number of hydrogen-bond acceptors (Lipinski definition) is 4. The van der Waals surface area contributed by atoms with Crippen LogP contribution >= 0.6 is 0 Å². The molecule has 0 aliphatic rings. The molecule has 0 spiro atoms. The molecule has 26 heavy (non-hydrogen) atoms. The maximum atomic E-state index is 12.8. The highest BCUT2D eigenvalue weighted by Gasteiger charge is 2.20. The molecule has 3 N–H and O–H groups in total. The zero-order valence-corrected chi connectivity index (χ0v) is 14.7. The van der Waals surface area contributed by atoms with Gasteiger partial charge in [-0.05, 0) is 24.5 Å². The van der Waals surface area contributed by atoms with Gasteiger partial charge < -0.3 is 10.4 Å². The van der Waals surface area contributed by atoms with Gasteiger partial charge in [0, 0.05) is 32.0 Å². The Morgan fingerprint density at radius 3 is 2.81 bits per heavy atom. The van der Waals surface area contributed by atoms with Gasteiger partial charge in [0.15, 0.2) is 0 Å². The highest BCUT2D eigenvalue weighted by atomic mass is 16.3. The number of nitrogens with one attached hydrogen (secondary N) is 2. The van der Waals surface area contributed by atoms with Gasteiger partial charge in [0.1, 0.15) is 0 Å². The molecule has 0 fully saturated rings. The van der Waals surface area contributed by atoms with Crippen LogP contribution in [0.1, 0.15) is 29.9 Å². The third-order valence-electron chi connectivity index (χ3n) is 4.42. The Hall–Kier alpha value is -2.93. The van der Waals surface area contributed by atoms with E-state index in [2.05, 4.69) is 20.6 Å². The van der Waals surface area contributed by atoms with Crippen molar-refractivity contribution in [3.8, 4) is 11.4 Å². The van der Waals surface area contributed by atoms with Gasteiger partial charge in [-0.1, -0.05) is 30.3 Å². The van der Waals surface area contributed by atoms with Gasteiger partial charge >= 0.3 is 0 Å². The summed E-state index contributed by atoms with van der Waals surface area (Å²) in [5.41, 5.74) is 3.61. The molecule has 1 amide bonds. The Labute approximate surface area is 152 Å². The SMILES string of the molecule is Cn1nccc1-c1[nH]ncc1CNC(=O)C(CCCO)c1ccccc1. The van der Waals surface area contributed by atoms with Gasteiger partial charge in [-0.3, -0.25) is 14.6 Å². The predicted octanol–water partition coefficient (Wildman–Crippen LogP) is 1.98. The average Bonchev–Trinajstić information content (AvgIpc) is 3.29. The quantitative estimate of drug-likeness (QED) is 0.577. The Balaban J connectivity index is 1.71. The summed E-state index contributed by atoms with van der Waals surface area (Å²) in [7, 11) is 1.86. The molecule has 2 heterocycles. The fraction of sp³-hybridized carbons (Fsp3) is 0.316. The minimum atomic E-state index is -0.282. The molecule has 0 saturated heterocycles. The third-order valence-corrected chi connectivity index (χ3v) is 4.42. The van der Waals surface area contributed by atoms with Crippen molar-refractivity contribution >= 4 is 5.91 Å². The maximum Gasteiger partial charge on any atom is 0.227 e. The number of aromatic amines is 1. The van der Waals surface area contributed by atoms with Crippen molar-refractivity contribution in [3.63, 3.8) is 0 Å². The van der Waals surface area contributed by atoms with Gasteiger partial charge in [0.05, 0.1) is 23.5 Å². The molecule has 7 nitrogen and oxygen atoms in total. The molecule has 0 radical (unpaired) electrons. The highest BCUT2D eigenvalue weighted by Crippen LogP contribution is 2.23. The number of rotatable bonds is 8. The van der Waals surface area contributed by atoms with E-state index in [9.17, 15) is 4.79 Å². The van der Waals surface area contributed by atoms with Crippen LogP contribution in [0.3, 0.4) is 0 Å². The van der Waals surface area contributed by atoms with Crippen molar-refractivity contribution in [2.45, 2.75) is 25.3 Å². The van der Waals surface area contributed by atoms with Gasteiger partial charge in [-0.15, -0.1) is 0 Å². The highest BCUT2D eigenvalue weighted by molar-refractivity contribution is 5.83. The number of H-pyrrole nitrogens is 1. The number of aliphatic hydroxyl groups excluding tert-OH is 1. The molecule has 136 valence electrons. The van der Waals surface area contributed by atoms with Gasteiger partial charge in [0.2, 0.25) is 5.91 Å². The summed E-state index contributed by atoms with van der Waals surface area (Å²) in [6.07, 6.45) is 4.62. The molecule has 3 aromatic rings. The standard InChI is InChI=1S/C19H23N5O2/c1-24-17(9-10-22-24)18-15(13-21-23-18)12-20-19(26)16(8-5-11-25)14-6-3-2-4-7-14/h2-4,6-7,9-10,13,16,25H,5,8,11-12H2,1H3,(H,20,26)(H,21,23). The van der Waals surface area contributed by atoms with Crippen LogP contribution < -0.4 is 5.32 Å². The van der Waals surface area contributed by atoms with Crippen LogP contribution in [0.5, 0.6) is 0 Å². The zero-order valence-electron chi connectivity index (χ0n) is 14.7. The smallest absolute Gasteiger partial charge is 0.227 e. The number of carbonyl (C=O) groups excluding carboxylic acids is 1. The van der Waals surface area contributed by atoms with E-state index < -0.39 is 0 Å². The minimum Gasteiger partial charge on any atom is -0.396 e. The number of aliphatic hydroxyl groups is 1. The second-order valence-corrected chi connectivity index (χ2v) is 6.16. The maximum absolute atomic E-state index is 12.8. The summed E-state index contributed by atoms with van der Waals surface area (Å²) in [4.78, 5) is 12.8. The van der Waals surface area contributed by atoms with Crippen LogP contribution in [0.4, 0.5) is 0 Å². The number of aryl methyl sites for hydroxylation is 1. The summed E-state index contributed by atoms with van der Waals surface area (Å²) in [6, 6.07) is 11.6. The summed E-state index contributed by atoms with van der Waals surface area (Å²) in [6.45, 7) is 0.446. The van der Waals surface area contributed by atoms with E-state index in [0.717, 1.165) is 22.5 Å². The lowest BCUT2D eigenvalue weighted by Gasteiger charge is -2.17. The van der Waals surface area contributed by atoms with Crippen LogP contribution in [0.15, 0.2) is 48.8 Å². The summed E-state index contributed by atoms with van der Waals surface area (Å²) < 4.78 is 1.76. The first-order valence-corrected chi connectivity index (χ1v) is 8.65. The Kier molecular flexibility index (Phi) is 5.80.